The summed E-state index contributed by atoms with van der Waals surface area (Å²) in [5, 5.41) is 2.93. The molecule has 1 saturated heterocycles. The highest BCUT2D eigenvalue weighted by Gasteiger charge is 2.18. The summed E-state index contributed by atoms with van der Waals surface area (Å²) >= 11 is 0. The molecular formula is C19H22N2O4S. The van der Waals surface area contributed by atoms with Crippen molar-refractivity contribution in [1.82, 2.24) is 0 Å². The molecule has 0 spiro atoms. The number of benzene rings is 2. The molecule has 0 atom stereocenters. The van der Waals surface area contributed by atoms with Crippen molar-refractivity contribution in [2.45, 2.75) is 11.8 Å². The number of aryl methyl sites for hydroxylation is 1. The molecule has 1 aliphatic heterocycles. The van der Waals surface area contributed by atoms with E-state index in [2.05, 4.69) is 10.2 Å². The fourth-order valence-electron chi connectivity index (χ4n) is 2.93. The topological polar surface area (TPSA) is 75.7 Å². The average Bonchev–Trinajstić information content (AvgIpc) is 2.62. The summed E-state index contributed by atoms with van der Waals surface area (Å²) in [4.78, 5) is 15.1. The summed E-state index contributed by atoms with van der Waals surface area (Å²) < 4.78 is 29.0. The number of nitrogens with zero attached hydrogens (tertiary/aromatic N) is 1. The van der Waals surface area contributed by atoms with Crippen molar-refractivity contribution in [3.8, 4) is 0 Å². The van der Waals surface area contributed by atoms with Crippen molar-refractivity contribution in [2.75, 3.05) is 42.8 Å². The SMILES string of the molecule is Cc1ccc(S(C)(=O)=O)cc1C(=O)Nc1ccccc1N1CCOCC1. The van der Waals surface area contributed by atoms with Gasteiger partial charge in [0.1, 0.15) is 0 Å². The largest absolute Gasteiger partial charge is 0.378 e. The van der Waals surface area contributed by atoms with Crippen LogP contribution in [0.4, 0.5) is 11.4 Å². The molecule has 3 rings (SSSR count). The highest BCUT2D eigenvalue weighted by Crippen LogP contribution is 2.27. The Morgan fingerprint density at radius 3 is 2.50 bits per heavy atom. The summed E-state index contributed by atoms with van der Waals surface area (Å²) in [6.45, 7) is 4.61. The molecule has 1 amide bonds. The van der Waals surface area contributed by atoms with Crippen LogP contribution in [-0.2, 0) is 14.6 Å². The minimum atomic E-state index is -3.38. The van der Waals surface area contributed by atoms with Crippen LogP contribution in [0.3, 0.4) is 0 Å². The maximum absolute atomic E-state index is 12.8. The average molecular weight is 374 g/mol. The molecule has 0 radical (unpaired) electrons. The number of nitrogens with one attached hydrogen (secondary N) is 1. The van der Waals surface area contributed by atoms with Crippen molar-refractivity contribution < 1.29 is 17.9 Å². The highest BCUT2D eigenvalue weighted by molar-refractivity contribution is 7.90. The number of anilines is 2. The van der Waals surface area contributed by atoms with Gasteiger partial charge in [-0.1, -0.05) is 18.2 Å². The van der Waals surface area contributed by atoms with E-state index in [0.29, 0.717) is 24.5 Å². The van der Waals surface area contributed by atoms with Gasteiger partial charge in [0.05, 0.1) is 29.5 Å². The lowest BCUT2D eigenvalue weighted by Gasteiger charge is -2.30. The lowest BCUT2D eigenvalue weighted by atomic mass is 10.1. The first-order valence-corrected chi connectivity index (χ1v) is 10.3. The van der Waals surface area contributed by atoms with E-state index in [1.54, 1.807) is 13.0 Å². The van der Waals surface area contributed by atoms with E-state index < -0.39 is 9.84 Å². The second-order valence-corrected chi connectivity index (χ2v) is 8.34. The number of rotatable bonds is 4. The van der Waals surface area contributed by atoms with E-state index in [9.17, 15) is 13.2 Å². The van der Waals surface area contributed by atoms with Crippen LogP contribution >= 0.6 is 0 Å². The predicted molar refractivity (Wildman–Crippen MR) is 102 cm³/mol. The normalized spacial score (nSPS) is 14.9. The van der Waals surface area contributed by atoms with Crippen LogP contribution in [0.25, 0.3) is 0 Å². The highest BCUT2D eigenvalue weighted by atomic mass is 32.2. The van der Waals surface area contributed by atoms with Gasteiger partial charge >= 0.3 is 0 Å². The van der Waals surface area contributed by atoms with Crippen molar-refractivity contribution in [3.63, 3.8) is 0 Å². The summed E-state index contributed by atoms with van der Waals surface area (Å²) in [7, 11) is -3.38. The molecule has 2 aromatic carbocycles. The van der Waals surface area contributed by atoms with E-state index >= 15 is 0 Å². The second kappa shape index (κ2) is 7.47. The number of sulfone groups is 1. The third-order valence-electron chi connectivity index (χ3n) is 4.39. The Balaban J connectivity index is 1.89. The van der Waals surface area contributed by atoms with Crippen LogP contribution in [0.15, 0.2) is 47.4 Å². The van der Waals surface area contributed by atoms with Crippen LogP contribution in [0.2, 0.25) is 0 Å². The van der Waals surface area contributed by atoms with E-state index in [4.69, 9.17) is 4.74 Å². The zero-order valence-electron chi connectivity index (χ0n) is 14.9. The summed E-state index contributed by atoms with van der Waals surface area (Å²) in [5.41, 5.74) is 2.70. The maximum Gasteiger partial charge on any atom is 0.256 e. The standard InChI is InChI=1S/C19H22N2O4S/c1-14-7-8-15(26(2,23)24)13-16(14)19(22)20-17-5-3-4-6-18(17)21-9-11-25-12-10-21/h3-8,13H,9-12H2,1-2H3,(H,20,22). The Kier molecular flexibility index (Phi) is 5.29. The van der Waals surface area contributed by atoms with Gasteiger partial charge in [-0.05, 0) is 36.8 Å². The molecule has 0 saturated carbocycles. The van der Waals surface area contributed by atoms with Crippen LogP contribution < -0.4 is 10.2 Å². The Labute approximate surface area is 153 Å². The van der Waals surface area contributed by atoms with Gasteiger partial charge in [-0.2, -0.15) is 0 Å². The fourth-order valence-corrected chi connectivity index (χ4v) is 3.57. The van der Waals surface area contributed by atoms with Gasteiger partial charge in [-0.3, -0.25) is 4.79 Å². The molecule has 2 aromatic rings. The van der Waals surface area contributed by atoms with Gasteiger partial charge in [0.25, 0.3) is 5.91 Å². The van der Waals surface area contributed by atoms with E-state index in [1.807, 2.05) is 24.3 Å². The molecule has 1 fully saturated rings. The minimum absolute atomic E-state index is 0.134. The third kappa shape index (κ3) is 4.05. The quantitative estimate of drug-likeness (QED) is 0.890. The summed E-state index contributed by atoms with van der Waals surface area (Å²) in [6, 6.07) is 12.2. The first kappa shape index (κ1) is 18.4. The Hall–Kier alpha value is -2.38. The summed E-state index contributed by atoms with van der Waals surface area (Å²) in [5.74, 6) is -0.325. The van der Waals surface area contributed by atoms with Crippen LogP contribution in [0, 0.1) is 6.92 Å². The monoisotopic (exact) mass is 374 g/mol. The maximum atomic E-state index is 12.8. The molecule has 1 heterocycles. The van der Waals surface area contributed by atoms with Crippen molar-refractivity contribution in [1.29, 1.82) is 0 Å². The van der Waals surface area contributed by atoms with Gasteiger partial charge in [0, 0.05) is 24.9 Å². The lowest BCUT2D eigenvalue weighted by molar-refractivity contribution is 0.102. The molecule has 26 heavy (non-hydrogen) atoms. The molecule has 0 aromatic heterocycles. The third-order valence-corrected chi connectivity index (χ3v) is 5.50. The Morgan fingerprint density at radius 1 is 1.12 bits per heavy atom. The smallest absolute Gasteiger partial charge is 0.256 e. The van der Waals surface area contributed by atoms with Gasteiger partial charge in [0.15, 0.2) is 9.84 Å². The number of para-hydroxylation sites is 2. The fraction of sp³-hybridized carbons (Fsp3) is 0.316. The summed E-state index contributed by atoms with van der Waals surface area (Å²) in [6.07, 6.45) is 1.13. The lowest BCUT2D eigenvalue weighted by Crippen LogP contribution is -2.36. The number of carbonyl (C=O) groups is 1. The van der Waals surface area contributed by atoms with Crippen LogP contribution in [-0.4, -0.2) is 46.9 Å². The van der Waals surface area contributed by atoms with Gasteiger partial charge in [0.2, 0.25) is 0 Å². The number of ether oxygens (including phenoxy) is 1. The number of hydrogen-bond acceptors (Lipinski definition) is 5. The first-order valence-electron chi connectivity index (χ1n) is 8.40. The minimum Gasteiger partial charge on any atom is -0.378 e. The molecule has 6 nitrogen and oxygen atoms in total. The number of hydrogen-bond donors (Lipinski definition) is 1. The molecule has 1 N–H and O–H groups in total. The molecular weight excluding hydrogens is 352 g/mol. The molecule has 138 valence electrons. The molecule has 0 unspecified atom stereocenters. The van der Waals surface area contributed by atoms with E-state index in [0.717, 1.165) is 30.6 Å². The van der Waals surface area contributed by atoms with Crippen LogP contribution in [0.5, 0.6) is 0 Å². The molecule has 0 bridgehead atoms. The number of morpholine rings is 1. The molecule has 0 aliphatic carbocycles. The van der Waals surface area contributed by atoms with E-state index in [1.165, 1.54) is 12.1 Å². The van der Waals surface area contributed by atoms with Gasteiger partial charge in [-0.15, -0.1) is 0 Å². The molecule has 7 heteroatoms. The zero-order valence-corrected chi connectivity index (χ0v) is 15.7. The van der Waals surface area contributed by atoms with Gasteiger partial charge in [-0.25, -0.2) is 8.42 Å². The number of amides is 1. The second-order valence-electron chi connectivity index (χ2n) is 6.32. The van der Waals surface area contributed by atoms with Crippen LogP contribution in [0.1, 0.15) is 15.9 Å². The predicted octanol–water partition coefficient (Wildman–Crippen LogP) is 2.49. The number of carbonyl (C=O) groups excluding carboxylic acids is 1. The van der Waals surface area contributed by atoms with Gasteiger partial charge < -0.3 is 15.0 Å². The van der Waals surface area contributed by atoms with Crippen molar-refractivity contribution in [2.24, 2.45) is 0 Å². The van der Waals surface area contributed by atoms with Crippen molar-refractivity contribution in [3.05, 3.63) is 53.6 Å². The Morgan fingerprint density at radius 2 is 1.81 bits per heavy atom. The Bertz CT molecular complexity index is 919. The zero-order chi connectivity index (χ0) is 18.7. The molecule has 1 aliphatic rings. The van der Waals surface area contributed by atoms with E-state index in [-0.39, 0.29) is 10.8 Å². The van der Waals surface area contributed by atoms with Crippen molar-refractivity contribution >= 4 is 27.1 Å². The first-order chi connectivity index (χ1) is 12.4.